The molecule has 0 aromatic rings. The van der Waals surface area contributed by atoms with Crippen LogP contribution in [0.5, 0.6) is 0 Å². The Hall–Kier alpha value is -1.58. The summed E-state index contributed by atoms with van der Waals surface area (Å²) in [4.78, 5) is 26.6. The fourth-order valence-electron chi connectivity index (χ4n) is 2.47. The van der Waals surface area contributed by atoms with E-state index in [4.69, 9.17) is 4.74 Å². The second-order valence-electron chi connectivity index (χ2n) is 5.44. The number of carbonyl (C=O) groups is 2. The maximum atomic E-state index is 12.7. The lowest BCUT2D eigenvalue weighted by Crippen LogP contribution is -2.37. The molecule has 1 rings (SSSR count). The van der Waals surface area contributed by atoms with Gasteiger partial charge in [-0.05, 0) is 31.8 Å². The summed E-state index contributed by atoms with van der Waals surface area (Å²) < 4.78 is 4.88. The summed E-state index contributed by atoms with van der Waals surface area (Å²) in [5.74, 6) is -0.406. The summed E-state index contributed by atoms with van der Waals surface area (Å²) in [5, 5.41) is 0. The molecule has 0 unspecified atom stereocenters. The van der Waals surface area contributed by atoms with Crippen LogP contribution in [0, 0.1) is 0 Å². The standard InChI is InChI=1S/C17H27NO3/c1-5-7-9-14(17(20)21-4)15-13(3)10-12-18(16(15)19)11-8-6-2/h10H,5-9,11-12H2,1-4H3/b15-14+. The van der Waals surface area contributed by atoms with E-state index in [0.29, 0.717) is 24.1 Å². The van der Waals surface area contributed by atoms with Crippen LogP contribution in [-0.2, 0) is 14.3 Å². The van der Waals surface area contributed by atoms with Gasteiger partial charge >= 0.3 is 5.97 Å². The Bertz CT molecular complexity index is 449. The lowest BCUT2D eigenvalue weighted by Gasteiger charge is -2.28. The third kappa shape index (κ3) is 4.45. The van der Waals surface area contributed by atoms with Gasteiger partial charge in [-0.2, -0.15) is 0 Å². The second-order valence-corrected chi connectivity index (χ2v) is 5.44. The second kappa shape index (κ2) is 8.65. The molecular formula is C17H27NO3. The zero-order valence-electron chi connectivity index (χ0n) is 13.7. The maximum absolute atomic E-state index is 12.7. The lowest BCUT2D eigenvalue weighted by atomic mass is 9.93. The van der Waals surface area contributed by atoms with E-state index in [1.54, 1.807) is 0 Å². The molecule has 1 heterocycles. The summed E-state index contributed by atoms with van der Waals surface area (Å²) in [7, 11) is 1.37. The minimum Gasteiger partial charge on any atom is -0.466 e. The Kier molecular flexibility index (Phi) is 7.20. The minimum atomic E-state index is -0.378. The molecule has 4 heteroatoms. The molecule has 0 spiro atoms. The Balaban J connectivity index is 3.14. The van der Waals surface area contributed by atoms with E-state index in [1.807, 2.05) is 17.9 Å². The van der Waals surface area contributed by atoms with Gasteiger partial charge in [-0.25, -0.2) is 4.79 Å². The molecule has 0 fully saturated rings. The van der Waals surface area contributed by atoms with Crippen LogP contribution in [0.15, 0.2) is 22.8 Å². The fraction of sp³-hybridized carbons (Fsp3) is 0.647. The molecule has 118 valence electrons. The molecule has 1 aliphatic heterocycles. The zero-order chi connectivity index (χ0) is 15.8. The van der Waals surface area contributed by atoms with Crippen molar-refractivity contribution in [1.82, 2.24) is 4.90 Å². The molecule has 0 N–H and O–H groups in total. The van der Waals surface area contributed by atoms with Gasteiger partial charge in [0.1, 0.15) is 0 Å². The summed E-state index contributed by atoms with van der Waals surface area (Å²) in [6.07, 6.45) is 6.51. The van der Waals surface area contributed by atoms with Gasteiger partial charge in [0, 0.05) is 13.1 Å². The van der Waals surface area contributed by atoms with Gasteiger partial charge in [-0.1, -0.05) is 32.8 Å². The third-order valence-electron chi connectivity index (χ3n) is 3.81. The summed E-state index contributed by atoms with van der Waals surface area (Å²) in [6, 6.07) is 0. The molecule has 0 aromatic heterocycles. The first-order chi connectivity index (χ1) is 10.1. The first-order valence-corrected chi connectivity index (χ1v) is 7.84. The number of nitrogens with zero attached hydrogens (tertiary/aromatic N) is 1. The number of amides is 1. The largest absolute Gasteiger partial charge is 0.466 e. The van der Waals surface area contributed by atoms with E-state index in [0.717, 1.165) is 37.8 Å². The van der Waals surface area contributed by atoms with Crippen LogP contribution in [0.1, 0.15) is 52.9 Å². The van der Waals surface area contributed by atoms with Crippen molar-refractivity contribution < 1.29 is 14.3 Å². The molecule has 0 aromatic carbocycles. The first-order valence-electron chi connectivity index (χ1n) is 7.84. The molecule has 0 bridgehead atoms. The SMILES string of the molecule is CCCC/C(C(=O)OC)=C1\C(=O)N(CCCC)CC=C1C. The van der Waals surface area contributed by atoms with Crippen LogP contribution in [0.2, 0.25) is 0 Å². The van der Waals surface area contributed by atoms with Gasteiger partial charge in [-0.15, -0.1) is 0 Å². The fourth-order valence-corrected chi connectivity index (χ4v) is 2.47. The highest BCUT2D eigenvalue weighted by Crippen LogP contribution is 2.26. The number of ether oxygens (including phenoxy) is 1. The van der Waals surface area contributed by atoms with Gasteiger partial charge in [0.25, 0.3) is 5.91 Å². The average molecular weight is 293 g/mol. The number of rotatable bonds is 7. The van der Waals surface area contributed by atoms with Crippen molar-refractivity contribution in [1.29, 1.82) is 0 Å². The first kappa shape index (κ1) is 17.5. The molecule has 0 saturated heterocycles. The number of hydrogen-bond acceptors (Lipinski definition) is 3. The number of esters is 1. The molecule has 21 heavy (non-hydrogen) atoms. The Morgan fingerprint density at radius 1 is 1.29 bits per heavy atom. The van der Waals surface area contributed by atoms with Crippen LogP contribution < -0.4 is 0 Å². The van der Waals surface area contributed by atoms with Crippen molar-refractivity contribution in [2.75, 3.05) is 20.2 Å². The van der Waals surface area contributed by atoms with Gasteiger partial charge in [0.05, 0.1) is 18.3 Å². The average Bonchev–Trinajstić information content (AvgIpc) is 2.49. The highest BCUT2D eigenvalue weighted by atomic mass is 16.5. The normalized spacial score (nSPS) is 17.6. The molecule has 0 saturated carbocycles. The quantitative estimate of drug-likeness (QED) is 0.535. The number of methoxy groups -OCH3 is 1. The molecule has 0 atom stereocenters. The van der Waals surface area contributed by atoms with Crippen LogP contribution in [0.25, 0.3) is 0 Å². The molecule has 0 aliphatic carbocycles. The van der Waals surface area contributed by atoms with E-state index >= 15 is 0 Å². The Labute approximate surface area is 127 Å². The maximum Gasteiger partial charge on any atom is 0.334 e. The topological polar surface area (TPSA) is 46.6 Å². The van der Waals surface area contributed by atoms with Crippen molar-refractivity contribution in [3.8, 4) is 0 Å². The van der Waals surface area contributed by atoms with Crippen LogP contribution in [0.3, 0.4) is 0 Å². The molecular weight excluding hydrogens is 266 g/mol. The van der Waals surface area contributed by atoms with Crippen molar-refractivity contribution in [3.63, 3.8) is 0 Å². The predicted molar refractivity (Wildman–Crippen MR) is 83.8 cm³/mol. The van der Waals surface area contributed by atoms with Crippen LogP contribution >= 0.6 is 0 Å². The zero-order valence-corrected chi connectivity index (χ0v) is 13.7. The summed E-state index contributed by atoms with van der Waals surface area (Å²) in [5.41, 5.74) is 1.97. The minimum absolute atomic E-state index is 0.0278. The van der Waals surface area contributed by atoms with Gasteiger partial charge in [0.15, 0.2) is 0 Å². The van der Waals surface area contributed by atoms with Crippen molar-refractivity contribution in [2.45, 2.75) is 52.9 Å². The summed E-state index contributed by atoms with van der Waals surface area (Å²) in [6.45, 7) is 7.45. The number of unbranched alkanes of at least 4 members (excludes halogenated alkanes) is 2. The monoisotopic (exact) mass is 293 g/mol. The van der Waals surface area contributed by atoms with E-state index in [2.05, 4.69) is 13.8 Å². The molecule has 1 aliphatic rings. The Morgan fingerprint density at radius 2 is 1.95 bits per heavy atom. The molecule has 0 radical (unpaired) electrons. The molecule has 4 nitrogen and oxygen atoms in total. The smallest absolute Gasteiger partial charge is 0.334 e. The van der Waals surface area contributed by atoms with Gasteiger partial charge in [0.2, 0.25) is 0 Å². The number of hydrogen-bond donors (Lipinski definition) is 0. The van der Waals surface area contributed by atoms with Crippen molar-refractivity contribution in [3.05, 3.63) is 22.8 Å². The number of carbonyl (C=O) groups excluding carboxylic acids is 2. The van der Waals surface area contributed by atoms with Crippen LogP contribution in [-0.4, -0.2) is 37.0 Å². The van der Waals surface area contributed by atoms with Crippen molar-refractivity contribution >= 4 is 11.9 Å². The van der Waals surface area contributed by atoms with E-state index in [9.17, 15) is 9.59 Å². The van der Waals surface area contributed by atoms with Gasteiger partial charge in [-0.3, -0.25) is 4.79 Å². The third-order valence-corrected chi connectivity index (χ3v) is 3.81. The lowest BCUT2D eigenvalue weighted by molar-refractivity contribution is -0.137. The summed E-state index contributed by atoms with van der Waals surface area (Å²) >= 11 is 0. The Morgan fingerprint density at radius 3 is 2.52 bits per heavy atom. The van der Waals surface area contributed by atoms with E-state index in [1.165, 1.54) is 7.11 Å². The van der Waals surface area contributed by atoms with E-state index in [-0.39, 0.29) is 11.9 Å². The van der Waals surface area contributed by atoms with Crippen molar-refractivity contribution in [2.24, 2.45) is 0 Å². The van der Waals surface area contributed by atoms with E-state index < -0.39 is 0 Å². The predicted octanol–water partition coefficient (Wildman–Crippen LogP) is 3.23. The highest BCUT2D eigenvalue weighted by Gasteiger charge is 2.28. The molecule has 1 amide bonds. The van der Waals surface area contributed by atoms with Gasteiger partial charge < -0.3 is 9.64 Å². The van der Waals surface area contributed by atoms with Crippen LogP contribution in [0.4, 0.5) is 0 Å². The highest BCUT2D eigenvalue weighted by molar-refractivity contribution is 6.06.